The van der Waals surface area contributed by atoms with E-state index in [1.807, 2.05) is 0 Å². The van der Waals surface area contributed by atoms with E-state index in [1.165, 1.54) is 30.6 Å². The molecule has 1 heterocycles. The van der Waals surface area contributed by atoms with Crippen molar-refractivity contribution in [3.8, 4) is 0 Å². The Morgan fingerprint density at radius 1 is 1.30 bits per heavy atom. The molecule has 0 saturated heterocycles. The number of carboxylic acids is 1. The second-order valence-corrected chi connectivity index (χ2v) is 4.92. The van der Waals surface area contributed by atoms with Crippen molar-refractivity contribution in [2.75, 3.05) is 5.32 Å². The normalized spacial score (nSPS) is 10.1. The van der Waals surface area contributed by atoms with Gasteiger partial charge in [0.1, 0.15) is 10.8 Å². The topological polar surface area (TPSA) is 92.2 Å². The number of anilines is 1. The maximum Gasteiger partial charge on any atom is 0.335 e. The second kappa shape index (κ2) is 5.98. The first-order chi connectivity index (χ1) is 9.47. The maximum absolute atomic E-state index is 12.0. The second-order valence-electron chi connectivity index (χ2n) is 3.68. The van der Waals surface area contributed by atoms with Gasteiger partial charge in [0.15, 0.2) is 0 Å². The van der Waals surface area contributed by atoms with Crippen molar-refractivity contribution < 1.29 is 14.7 Å². The minimum atomic E-state index is -1.09. The van der Waals surface area contributed by atoms with Gasteiger partial charge in [0.25, 0.3) is 5.91 Å². The number of carbonyl (C=O) groups excluding carboxylic acids is 1. The van der Waals surface area contributed by atoms with Crippen molar-refractivity contribution in [3.63, 3.8) is 0 Å². The van der Waals surface area contributed by atoms with Crippen molar-refractivity contribution in [1.82, 2.24) is 9.97 Å². The number of carboxylic acid groups (broad SMARTS) is 1. The predicted molar refractivity (Wildman–Crippen MR) is 76.1 cm³/mol. The summed E-state index contributed by atoms with van der Waals surface area (Å²) in [6.07, 6.45) is 2.56. The van der Waals surface area contributed by atoms with Gasteiger partial charge in [0.2, 0.25) is 0 Å². The van der Waals surface area contributed by atoms with Crippen LogP contribution in [-0.2, 0) is 0 Å². The molecule has 1 aromatic carbocycles. The van der Waals surface area contributed by atoms with Crippen LogP contribution in [0, 0.1) is 0 Å². The molecule has 0 aliphatic heterocycles. The molecular weight excluding hydrogens is 350 g/mol. The van der Waals surface area contributed by atoms with Crippen LogP contribution in [-0.4, -0.2) is 27.0 Å². The monoisotopic (exact) mass is 355 g/mol. The van der Waals surface area contributed by atoms with Crippen LogP contribution in [0.3, 0.4) is 0 Å². The van der Waals surface area contributed by atoms with E-state index in [9.17, 15) is 9.59 Å². The van der Waals surface area contributed by atoms with Gasteiger partial charge in [-0.2, -0.15) is 0 Å². The van der Waals surface area contributed by atoms with Crippen molar-refractivity contribution in [2.45, 2.75) is 0 Å². The van der Waals surface area contributed by atoms with Crippen molar-refractivity contribution in [2.24, 2.45) is 0 Å². The number of carbonyl (C=O) groups is 2. The zero-order valence-electron chi connectivity index (χ0n) is 9.80. The van der Waals surface area contributed by atoms with Gasteiger partial charge in [-0.3, -0.25) is 9.78 Å². The van der Waals surface area contributed by atoms with E-state index in [2.05, 4.69) is 31.2 Å². The standard InChI is InChI=1S/C12H7BrClN3O3/c13-7-2-1-6(12(19)20)3-8(7)17-11(18)9-4-15-5-10(14)16-9/h1-5H,(H,17,18)(H,19,20). The molecule has 0 spiro atoms. The lowest BCUT2D eigenvalue weighted by molar-refractivity contribution is 0.0696. The Morgan fingerprint density at radius 2 is 2.05 bits per heavy atom. The summed E-state index contributed by atoms with van der Waals surface area (Å²) in [5, 5.41) is 11.6. The Kier molecular flexibility index (Phi) is 4.31. The summed E-state index contributed by atoms with van der Waals surface area (Å²) in [4.78, 5) is 30.4. The molecule has 0 atom stereocenters. The van der Waals surface area contributed by atoms with Crippen LogP contribution < -0.4 is 5.32 Å². The molecule has 20 heavy (non-hydrogen) atoms. The van der Waals surface area contributed by atoms with Gasteiger partial charge in [0.05, 0.1) is 23.6 Å². The number of aromatic nitrogens is 2. The van der Waals surface area contributed by atoms with Gasteiger partial charge < -0.3 is 10.4 Å². The van der Waals surface area contributed by atoms with Crippen LogP contribution >= 0.6 is 27.5 Å². The minimum Gasteiger partial charge on any atom is -0.478 e. The quantitative estimate of drug-likeness (QED) is 0.882. The van der Waals surface area contributed by atoms with Crippen LogP contribution in [0.1, 0.15) is 20.8 Å². The fourth-order valence-electron chi connectivity index (χ4n) is 1.39. The molecule has 102 valence electrons. The van der Waals surface area contributed by atoms with Crippen LogP contribution in [0.5, 0.6) is 0 Å². The van der Waals surface area contributed by atoms with Gasteiger partial charge >= 0.3 is 5.97 Å². The zero-order chi connectivity index (χ0) is 14.7. The molecule has 2 rings (SSSR count). The largest absolute Gasteiger partial charge is 0.478 e. The number of nitrogens with one attached hydrogen (secondary N) is 1. The first-order valence-corrected chi connectivity index (χ1v) is 6.46. The van der Waals surface area contributed by atoms with Gasteiger partial charge in [-0.1, -0.05) is 11.6 Å². The van der Waals surface area contributed by atoms with E-state index in [1.54, 1.807) is 0 Å². The summed E-state index contributed by atoms with van der Waals surface area (Å²) in [7, 11) is 0. The first kappa shape index (κ1) is 14.4. The maximum atomic E-state index is 12.0. The number of halogens is 2. The fourth-order valence-corrected chi connectivity index (χ4v) is 1.89. The van der Waals surface area contributed by atoms with Crippen LogP contribution in [0.2, 0.25) is 5.15 Å². The number of hydrogen-bond acceptors (Lipinski definition) is 4. The highest BCUT2D eigenvalue weighted by Gasteiger charge is 2.13. The highest BCUT2D eigenvalue weighted by atomic mass is 79.9. The average molecular weight is 357 g/mol. The van der Waals surface area contributed by atoms with Crippen molar-refractivity contribution in [1.29, 1.82) is 0 Å². The summed E-state index contributed by atoms with van der Waals surface area (Å²) < 4.78 is 0.547. The van der Waals surface area contributed by atoms with E-state index >= 15 is 0 Å². The van der Waals surface area contributed by atoms with Crippen LogP contribution in [0.4, 0.5) is 5.69 Å². The summed E-state index contributed by atoms with van der Waals surface area (Å²) in [5.41, 5.74) is 0.405. The Labute approximate surface area is 126 Å². The first-order valence-electron chi connectivity index (χ1n) is 5.29. The zero-order valence-corrected chi connectivity index (χ0v) is 12.1. The van der Waals surface area contributed by atoms with Gasteiger partial charge in [-0.15, -0.1) is 0 Å². The Morgan fingerprint density at radius 3 is 2.70 bits per heavy atom. The SMILES string of the molecule is O=C(O)c1ccc(Br)c(NC(=O)c2cncc(Cl)n2)c1. The summed E-state index contributed by atoms with van der Waals surface area (Å²) in [5.74, 6) is -1.63. The lowest BCUT2D eigenvalue weighted by atomic mass is 10.2. The molecule has 0 aliphatic rings. The van der Waals surface area contributed by atoms with E-state index in [0.717, 1.165) is 0 Å². The lowest BCUT2D eigenvalue weighted by Gasteiger charge is -2.08. The molecule has 6 nitrogen and oxygen atoms in total. The molecule has 0 aliphatic carbocycles. The smallest absolute Gasteiger partial charge is 0.335 e. The number of hydrogen-bond donors (Lipinski definition) is 2. The molecule has 1 aromatic heterocycles. The third-order valence-corrected chi connectivity index (χ3v) is 3.17. The summed E-state index contributed by atoms with van der Waals surface area (Å²) >= 11 is 8.87. The van der Waals surface area contributed by atoms with Gasteiger partial charge in [-0.25, -0.2) is 9.78 Å². The van der Waals surface area contributed by atoms with E-state index in [4.69, 9.17) is 16.7 Å². The van der Waals surface area contributed by atoms with Gasteiger partial charge in [0, 0.05) is 4.47 Å². The molecule has 8 heteroatoms. The number of benzene rings is 1. The molecular formula is C12H7BrClN3O3. The fraction of sp³-hybridized carbons (Fsp3) is 0. The summed E-state index contributed by atoms with van der Waals surface area (Å²) in [6.45, 7) is 0. The molecule has 0 bridgehead atoms. The Bertz CT molecular complexity index is 693. The molecule has 2 N–H and O–H groups in total. The molecule has 0 fully saturated rings. The lowest BCUT2D eigenvalue weighted by Crippen LogP contribution is -2.15. The molecule has 2 aromatic rings. The number of aromatic carboxylic acids is 1. The van der Waals surface area contributed by atoms with E-state index < -0.39 is 11.9 Å². The molecule has 1 amide bonds. The highest BCUT2D eigenvalue weighted by Crippen LogP contribution is 2.24. The molecule has 0 saturated carbocycles. The van der Waals surface area contributed by atoms with Crippen molar-refractivity contribution in [3.05, 3.63) is 51.5 Å². The number of amides is 1. The Hall–Kier alpha value is -1.99. The van der Waals surface area contributed by atoms with Crippen molar-refractivity contribution >= 4 is 45.1 Å². The highest BCUT2D eigenvalue weighted by molar-refractivity contribution is 9.10. The third-order valence-electron chi connectivity index (χ3n) is 2.30. The van der Waals surface area contributed by atoms with E-state index in [-0.39, 0.29) is 16.4 Å². The van der Waals surface area contributed by atoms with Crippen LogP contribution in [0.15, 0.2) is 35.1 Å². The van der Waals surface area contributed by atoms with Crippen LogP contribution in [0.25, 0.3) is 0 Å². The third kappa shape index (κ3) is 3.31. The number of rotatable bonds is 3. The molecule has 0 radical (unpaired) electrons. The predicted octanol–water partition coefficient (Wildman–Crippen LogP) is 2.84. The summed E-state index contributed by atoms with van der Waals surface area (Å²) in [6, 6.07) is 4.28. The minimum absolute atomic E-state index is 0.0325. The number of nitrogens with zero attached hydrogens (tertiary/aromatic N) is 2. The van der Waals surface area contributed by atoms with E-state index in [0.29, 0.717) is 10.2 Å². The Balaban J connectivity index is 2.27. The van der Waals surface area contributed by atoms with Gasteiger partial charge in [-0.05, 0) is 34.1 Å². The molecule has 0 unspecified atom stereocenters. The average Bonchev–Trinajstić information content (AvgIpc) is 2.41.